The predicted octanol–water partition coefficient (Wildman–Crippen LogP) is 3.07. The van der Waals surface area contributed by atoms with E-state index in [1.807, 2.05) is 0 Å². The van der Waals surface area contributed by atoms with Crippen LogP contribution in [0.2, 0.25) is 0 Å². The number of nitrogens with one attached hydrogen (secondary N) is 1. The summed E-state index contributed by atoms with van der Waals surface area (Å²) < 4.78 is 0. The molecule has 0 unspecified atom stereocenters. The maximum absolute atomic E-state index is 3.81. The topological polar surface area (TPSA) is 15.3 Å². The van der Waals surface area contributed by atoms with Gasteiger partial charge in [-0.2, -0.15) is 0 Å². The molecule has 18 heavy (non-hydrogen) atoms. The average Bonchev–Trinajstić information content (AvgIpc) is 2.37. The van der Waals surface area contributed by atoms with Crippen LogP contribution in [0.25, 0.3) is 0 Å². The Morgan fingerprint density at radius 2 is 1.89 bits per heavy atom. The summed E-state index contributed by atoms with van der Waals surface area (Å²) >= 11 is 0. The van der Waals surface area contributed by atoms with Gasteiger partial charge in [-0.15, -0.1) is 0 Å². The van der Waals surface area contributed by atoms with E-state index in [4.69, 9.17) is 0 Å². The molecule has 100 valence electrons. The van der Waals surface area contributed by atoms with Gasteiger partial charge in [-0.3, -0.25) is 0 Å². The second-order valence-corrected chi connectivity index (χ2v) is 5.91. The van der Waals surface area contributed by atoms with Gasteiger partial charge in [-0.25, -0.2) is 0 Å². The van der Waals surface area contributed by atoms with Crippen molar-refractivity contribution in [1.82, 2.24) is 10.2 Å². The van der Waals surface area contributed by atoms with Crippen LogP contribution in [0.4, 0.5) is 0 Å². The normalized spacial score (nSPS) is 31.2. The van der Waals surface area contributed by atoms with Crippen LogP contribution in [-0.4, -0.2) is 30.6 Å². The van der Waals surface area contributed by atoms with Crippen LogP contribution in [0.1, 0.15) is 38.8 Å². The molecule has 1 aromatic rings. The average molecular weight is 246 g/mol. The van der Waals surface area contributed by atoms with Gasteiger partial charge in [-0.1, -0.05) is 37.3 Å². The zero-order chi connectivity index (χ0) is 13.1. The number of nitrogens with zero attached hydrogens (tertiary/aromatic N) is 1. The first kappa shape index (κ1) is 13.6. The molecule has 0 aromatic heterocycles. The monoisotopic (exact) mass is 246 g/mol. The van der Waals surface area contributed by atoms with Gasteiger partial charge in [-0.05, 0) is 38.8 Å². The Balaban J connectivity index is 1.97. The van der Waals surface area contributed by atoms with Crippen molar-refractivity contribution in [3.8, 4) is 0 Å². The molecule has 0 radical (unpaired) electrons. The van der Waals surface area contributed by atoms with E-state index in [2.05, 4.69) is 68.4 Å². The summed E-state index contributed by atoms with van der Waals surface area (Å²) in [5.74, 6) is 0.720. The quantitative estimate of drug-likeness (QED) is 0.882. The van der Waals surface area contributed by atoms with E-state index in [-0.39, 0.29) is 0 Å². The van der Waals surface area contributed by atoms with Crippen molar-refractivity contribution in [3.05, 3.63) is 35.9 Å². The van der Waals surface area contributed by atoms with Crippen LogP contribution in [0.15, 0.2) is 30.3 Å². The number of likely N-dealkylation sites (tertiary alicyclic amines) is 1. The molecule has 4 atom stereocenters. The number of benzene rings is 1. The molecule has 0 saturated carbocycles. The molecule has 1 heterocycles. The van der Waals surface area contributed by atoms with Crippen LogP contribution in [0.3, 0.4) is 0 Å². The fourth-order valence-electron chi connectivity index (χ4n) is 2.93. The molecule has 0 bridgehead atoms. The SMILES string of the molecule is C[C@H](N[C@@H]1C[C@H](C)N(C)C[C@H]1C)c1ccccc1. The van der Waals surface area contributed by atoms with Crippen molar-refractivity contribution in [2.75, 3.05) is 13.6 Å². The molecule has 1 N–H and O–H groups in total. The lowest BCUT2D eigenvalue weighted by atomic mass is 9.89. The summed E-state index contributed by atoms with van der Waals surface area (Å²) in [6.45, 7) is 8.15. The van der Waals surface area contributed by atoms with E-state index in [0.29, 0.717) is 18.1 Å². The summed E-state index contributed by atoms with van der Waals surface area (Å²) in [4.78, 5) is 2.47. The Labute approximate surface area is 111 Å². The largest absolute Gasteiger partial charge is 0.307 e. The van der Waals surface area contributed by atoms with E-state index < -0.39 is 0 Å². The molecule has 0 spiro atoms. The van der Waals surface area contributed by atoms with Gasteiger partial charge in [0, 0.05) is 24.7 Å². The molecule has 0 aliphatic carbocycles. The van der Waals surface area contributed by atoms with Gasteiger partial charge < -0.3 is 10.2 Å². The summed E-state index contributed by atoms with van der Waals surface area (Å²) in [5.41, 5.74) is 1.39. The maximum Gasteiger partial charge on any atom is 0.0294 e. The van der Waals surface area contributed by atoms with Crippen molar-refractivity contribution in [2.45, 2.75) is 45.3 Å². The lowest BCUT2D eigenvalue weighted by Crippen LogP contribution is -2.51. The van der Waals surface area contributed by atoms with Gasteiger partial charge in [0.25, 0.3) is 0 Å². The Bertz CT molecular complexity index is 363. The Kier molecular flexibility index (Phi) is 4.41. The highest BCUT2D eigenvalue weighted by atomic mass is 15.2. The second-order valence-electron chi connectivity index (χ2n) is 5.91. The van der Waals surface area contributed by atoms with E-state index >= 15 is 0 Å². The minimum Gasteiger partial charge on any atom is -0.307 e. The van der Waals surface area contributed by atoms with Crippen LogP contribution in [0.5, 0.6) is 0 Å². The molecule has 0 amide bonds. The maximum atomic E-state index is 3.81. The Morgan fingerprint density at radius 3 is 2.56 bits per heavy atom. The highest BCUT2D eigenvalue weighted by Crippen LogP contribution is 2.23. The van der Waals surface area contributed by atoms with Gasteiger partial charge in [0.15, 0.2) is 0 Å². The molecule has 1 aliphatic rings. The minimum atomic E-state index is 0.439. The number of rotatable bonds is 3. The van der Waals surface area contributed by atoms with E-state index in [9.17, 15) is 0 Å². The molecule has 1 aromatic carbocycles. The van der Waals surface area contributed by atoms with Crippen molar-refractivity contribution < 1.29 is 0 Å². The fourth-order valence-corrected chi connectivity index (χ4v) is 2.93. The third-order valence-electron chi connectivity index (χ3n) is 4.37. The molecular weight excluding hydrogens is 220 g/mol. The smallest absolute Gasteiger partial charge is 0.0294 e. The molecule has 1 saturated heterocycles. The summed E-state index contributed by atoms with van der Waals surface area (Å²) in [6, 6.07) is 12.5. The van der Waals surface area contributed by atoms with Crippen molar-refractivity contribution >= 4 is 0 Å². The van der Waals surface area contributed by atoms with E-state index in [0.717, 1.165) is 5.92 Å². The van der Waals surface area contributed by atoms with Gasteiger partial charge in [0.1, 0.15) is 0 Å². The summed E-state index contributed by atoms with van der Waals surface area (Å²) in [7, 11) is 2.23. The Hall–Kier alpha value is -0.860. The van der Waals surface area contributed by atoms with Crippen molar-refractivity contribution in [2.24, 2.45) is 5.92 Å². The molecular formula is C16H26N2. The van der Waals surface area contributed by atoms with Crippen LogP contribution >= 0.6 is 0 Å². The van der Waals surface area contributed by atoms with Crippen molar-refractivity contribution in [3.63, 3.8) is 0 Å². The van der Waals surface area contributed by atoms with Gasteiger partial charge >= 0.3 is 0 Å². The second kappa shape index (κ2) is 5.85. The highest BCUT2D eigenvalue weighted by molar-refractivity contribution is 5.18. The third-order valence-corrected chi connectivity index (χ3v) is 4.37. The number of piperidine rings is 1. The first-order valence-electron chi connectivity index (χ1n) is 7.09. The van der Waals surface area contributed by atoms with Crippen LogP contribution < -0.4 is 5.32 Å². The molecule has 1 aliphatic heterocycles. The van der Waals surface area contributed by atoms with Gasteiger partial charge in [0.2, 0.25) is 0 Å². The van der Waals surface area contributed by atoms with Crippen LogP contribution in [0, 0.1) is 5.92 Å². The number of hydrogen-bond acceptors (Lipinski definition) is 2. The van der Waals surface area contributed by atoms with E-state index in [1.165, 1.54) is 18.5 Å². The molecule has 2 rings (SSSR count). The first-order valence-corrected chi connectivity index (χ1v) is 7.09. The van der Waals surface area contributed by atoms with Crippen molar-refractivity contribution in [1.29, 1.82) is 0 Å². The summed E-state index contributed by atoms with van der Waals surface area (Å²) in [5, 5.41) is 3.81. The predicted molar refractivity (Wildman–Crippen MR) is 77.7 cm³/mol. The molecule has 1 fully saturated rings. The lowest BCUT2D eigenvalue weighted by Gasteiger charge is -2.41. The lowest BCUT2D eigenvalue weighted by molar-refractivity contribution is 0.116. The molecule has 2 nitrogen and oxygen atoms in total. The zero-order valence-electron chi connectivity index (χ0n) is 12.1. The van der Waals surface area contributed by atoms with Gasteiger partial charge in [0.05, 0.1) is 0 Å². The standard InChI is InChI=1S/C16H26N2/c1-12-11-18(4)13(2)10-16(12)17-14(3)15-8-6-5-7-9-15/h5-9,12-14,16-17H,10-11H2,1-4H3/t12-,13+,14+,16-/m1/s1. The minimum absolute atomic E-state index is 0.439. The van der Waals surface area contributed by atoms with Crippen LogP contribution in [-0.2, 0) is 0 Å². The number of hydrogen-bond donors (Lipinski definition) is 1. The first-order chi connectivity index (χ1) is 8.58. The third kappa shape index (κ3) is 3.12. The summed E-state index contributed by atoms with van der Waals surface area (Å²) in [6.07, 6.45) is 1.24. The Morgan fingerprint density at radius 1 is 1.22 bits per heavy atom. The van der Waals surface area contributed by atoms with E-state index in [1.54, 1.807) is 0 Å². The highest BCUT2D eigenvalue weighted by Gasteiger charge is 2.29. The zero-order valence-corrected chi connectivity index (χ0v) is 12.1. The molecule has 2 heteroatoms. The fraction of sp³-hybridized carbons (Fsp3) is 0.625.